The second kappa shape index (κ2) is 7.61. The fourth-order valence-electron chi connectivity index (χ4n) is 2.66. The van der Waals surface area contributed by atoms with Crippen molar-refractivity contribution >= 4 is 29.0 Å². The molecule has 0 saturated carbocycles. The molecule has 2 N–H and O–H groups in total. The molecule has 1 aromatic carbocycles. The largest absolute Gasteiger partial charge is 0.573 e. The van der Waals surface area contributed by atoms with Crippen LogP contribution in [0, 0.1) is 0 Å². The molecule has 10 heteroatoms. The van der Waals surface area contributed by atoms with E-state index in [9.17, 15) is 23.1 Å². The highest BCUT2D eigenvalue weighted by atomic mass is 35.5. The smallest absolute Gasteiger partial charge is 0.406 e. The van der Waals surface area contributed by atoms with Gasteiger partial charge in [-0.05, 0) is 36.8 Å². The lowest BCUT2D eigenvalue weighted by Crippen LogP contribution is -2.23. The lowest BCUT2D eigenvalue weighted by atomic mass is 10.2. The number of aliphatic hydroxyl groups excluding tert-OH is 1. The maximum absolute atomic E-state index is 12.3. The number of halogens is 4. The van der Waals surface area contributed by atoms with Crippen molar-refractivity contribution in [1.82, 2.24) is 4.98 Å². The maximum Gasteiger partial charge on any atom is 0.573 e. The molecule has 1 unspecified atom stereocenters. The number of benzene rings is 1. The van der Waals surface area contributed by atoms with Crippen LogP contribution in [-0.4, -0.2) is 41.6 Å². The number of rotatable bonds is 4. The standard InChI is InChI=1S/C17H15ClF3N3O3/c18-14-7-10(8-22-15(14)24-6-5-12(25)9-24)16(26)23-11-1-3-13(4-2-11)27-17(19,20)21/h1-4,7-8,12,25H,5-6,9H2,(H,23,26). The molecule has 27 heavy (non-hydrogen) atoms. The molecule has 1 aliphatic heterocycles. The van der Waals surface area contributed by atoms with Crippen molar-refractivity contribution in [3.05, 3.63) is 47.1 Å². The number of ether oxygens (including phenoxy) is 1. The summed E-state index contributed by atoms with van der Waals surface area (Å²) in [7, 11) is 0. The van der Waals surface area contributed by atoms with Gasteiger partial charge in [0, 0.05) is 25.0 Å². The van der Waals surface area contributed by atoms with Crippen molar-refractivity contribution in [2.75, 3.05) is 23.3 Å². The molecule has 1 aromatic heterocycles. The average Bonchev–Trinajstić information content (AvgIpc) is 3.01. The third kappa shape index (κ3) is 5.01. The van der Waals surface area contributed by atoms with E-state index in [0.29, 0.717) is 25.3 Å². The van der Waals surface area contributed by atoms with Crippen molar-refractivity contribution in [1.29, 1.82) is 0 Å². The van der Waals surface area contributed by atoms with E-state index in [1.807, 2.05) is 4.90 Å². The zero-order chi connectivity index (χ0) is 19.6. The van der Waals surface area contributed by atoms with Crippen molar-refractivity contribution in [3.8, 4) is 5.75 Å². The molecule has 6 nitrogen and oxygen atoms in total. The van der Waals surface area contributed by atoms with Gasteiger partial charge in [-0.2, -0.15) is 0 Å². The van der Waals surface area contributed by atoms with Crippen LogP contribution in [0.25, 0.3) is 0 Å². The summed E-state index contributed by atoms with van der Waals surface area (Å²) in [6.07, 6.45) is -3.24. The van der Waals surface area contributed by atoms with Gasteiger partial charge in [0.15, 0.2) is 0 Å². The highest BCUT2D eigenvalue weighted by Crippen LogP contribution is 2.28. The Kier molecular flexibility index (Phi) is 5.43. The van der Waals surface area contributed by atoms with Gasteiger partial charge in [-0.3, -0.25) is 4.79 Å². The first kappa shape index (κ1) is 19.2. The number of amides is 1. The van der Waals surface area contributed by atoms with Gasteiger partial charge < -0.3 is 20.1 Å². The van der Waals surface area contributed by atoms with E-state index in [2.05, 4.69) is 15.0 Å². The SMILES string of the molecule is O=C(Nc1ccc(OC(F)(F)F)cc1)c1cnc(N2CCC(O)C2)c(Cl)c1. The first-order valence-electron chi connectivity index (χ1n) is 7.97. The molecule has 1 atom stereocenters. The summed E-state index contributed by atoms with van der Waals surface area (Å²) in [5.74, 6) is -0.414. The summed E-state index contributed by atoms with van der Waals surface area (Å²) in [4.78, 5) is 18.3. The van der Waals surface area contributed by atoms with Gasteiger partial charge in [0.2, 0.25) is 0 Å². The Labute approximate surface area is 157 Å². The van der Waals surface area contributed by atoms with Crippen LogP contribution in [0.15, 0.2) is 36.5 Å². The van der Waals surface area contributed by atoms with E-state index in [-0.39, 0.29) is 22.0 Å². The quantitative estimate of drug-likeness (QED) is 0.820. The number of carbonyl (C=O) groups is 1. The van der Waals surface area contributed by atoms with Crippen LogP contribution in [0.5, 0.6) is 5.75 Å². The summed E-state index contributed by atoms with van der Waals surface area (Å²) in [6.45, 7) is 1.04. The number of anilines is 2. The molecule has 1 aliphatic rings. The van der Waals surface area contributed by atoms with Gasteiger partial charge in [0.1, 0.15) is 11.6 Å². The van der Waals surface area contributed by atoms with E-state index in [4.69, 9.17) is 11.6 Å². The van der Waals surface area contributed by atoms with E-state index in [1.54, 1.807) is 0 Å². The summed E-state index contributed by atoms with van der Waals surface area (Å²) in [5, 5.41) is 12.4. The van der Waals surface area contributed by atoms with Gasteiger partial charge in [-0.15, -0.1) is 13.2 Å². The number of nitrogens with one attached hydrogen (secondary N) is 1. The highest BCUT2D eigenvalue weighted by Gasteiger charge is 2.31. The number of aliphatic hydroxyl groups is 1. The summed E-state index contributed by atoms with van der Waals surface area (Å²) < 4.78 is 40.2. The van der Waals surface area contributed by atoms with Gasteiger partial charge in [-0.1, -0.05) is 11.6 Å². The van der Waals surface area contributed by atoms with E-state index < -0.39 is 18.4 Å². The molecule has 0 radical (unpaired) electrons. The molecule has 2 aromatic rings. The highest BCUT2D eigenvalue weighted by molar-refractivity contribution is 6.33. The molecule has 1 saturated heterocycles. The number of hydrogen-bond acceptors (Lipinski definition) is 5. The third-order valence-electron chi connectivity index (χ3n) is 3.89. The van der Waals surface area contributed by atoms with Crippen molar-refractivity contribution in [2.45, 2.75) is 18.9 Å². The Morgan fingerprint density at radius 3 is 2.59 bits per heavy atom. The molecule has 2 heterocycles. The molecule has 0 aliphatic carbocycles. The second-order valence-electron chi connectivity index (χ2n) is 5.94. The topological polar surface area (TPSA) is 74.7 Å². The molecular weight excluding hydrogens is 387 g/mol. The summed E-state index contributed by atoms with van der Waals surface area (Å²) >= 11 is 6.20. The number of aromatic nitrogens is 1. The number of hydrogen-bond donors (Lipinski definition) is 2. The van der Waals surface area contributed by atoms with Gasteiger partial charge >= 0.3 is 6.36 Å². The van der Waals surface area contributed by atoms with E-state index >= 15 is 0 Å². The Bertz CT molecular complexity index is 830. The summed E-state index contributed by atoms with van der Waals surface area (Å²) in [5.41, 5.74) is 0.483. The Hall–Kier alpha value is -2.52. The lowest BCUT2D eigenvalue weighted by molar-refractivity contribution is -0.274. The minimum absolute atomic E-state index is 0.194. The molecule has 0 spiro atoms. The molecule has 144 valence electrons. The first-order chi connectivity index (χ1) is 12.7. The van der Waals surface area contributed by atoms with Crippen LogP contribution in [0.1, 0.15) is 16.8 Å². The minimum Gasteiger partial charge on any atom is -0.406 e. The molecule has 0 bridgehead atoms. The van der Waals surface area contributed by atoms with Gasteiger partial charge in [0.05, 0.1) is 16.7 Å². The van der Waals surface area contributed by atoms with Crippen LogP contribution < -0.4 is 15.0 Å². The molecule has 1 amide bonds. The Morgan fingerprint density at radius 2 is 2.04 bits per heavy atom. The number of nitrogens with zero attached hydrogens (tertiary/aromatic N) is 2. The van der Waals surface area contributed by atoms with Crippen LogP contribution in [0.2, 0.25) is 5.02 Å². The fourth-order valence-corrected chi connectivity index (χ4v) is 2.95. The van der Waals surface area contributed by atoms with Crippen LogP contribution in [0.3, 0.4) is 0 Å². The zero-order valence-corrected chi connectivity index (χ0v) is 14.6. The van der Waals surface area contributed by atoms with Crippen LogP contribution in [0.4, 0.5) is 24.7 Å². The fraction of sp³-hybridized carbons (Fsp3) is 0.294. The predicted octanol–water partition coefficient (Wildman–Crippen LogP) is 3.46. The van der Waals surface area contributed by atoms with Gasteiger partial charge in [-0.25, -0.2) is 4.98 Å². The van der Waals surface area contributed by atoms with E-state index in [0.717, 1.165) is 12.1 Å². The van der Waals surface area contributed by atoms with Crippen molar-refractivity contribution < 1.29 is 27.8 Å². The number of alkyl halides is 3. The monoisotopic (exact) mass is 401 g/mol. The second-order valence-corrected chi connectivity index (χ2v) is 6.35. The number of carbonyl (C=O) groups excluding carboxylic acids is 1. The van der Waals surface area contributed by atoms with E-state index in [1.165, 1.54) is 24.4 Å². The van der Waals surface area contributed by atoms with Crippen LogP contribution >= 0.6 is 11.6 Å². The normalized spacial score (nSPS) is 17.1. The van der Waals surface area contributed by atoms with Crippen LogP contribution in [-0.2, 0) is 0 Å². The third-order valence-corrected chi connectivity index (χ3v) is 4.17. The maximum atomic E-state index is 12.3. The summed E-state index contributed by atoms with van der Waals surface area (Å²) in [6, 6.07) is 6.21. The first-order valence-corrected chi connectivity index (χ1v) is 8.35. The van der Waals surface area contributed by atoms with Crippen molar-refractivity contribution in [3.63, 3.8) is 0 Å². The van der Waals surface area contributed by atoms with Gasteiger partial charge in [0.25, 0.3) is 5.91 Å². The zero-order valence-electron chi connectivity index (χ0n) is 13.8. The molecular formula is C17H15ClF3N3O3. The molecule has 3 rings (SSSR count). The minimum atomic E-state index is -4.78. The Balaban J connectivity index is 1.66. The lowest BCUT2D eigenvalue weighted by Gasteiger charge is -2.18. The molecule has 1 fully saturated rings. The Morgan fingerprint density at radius 1 is 1.33 bits per heavy atom. The number of β-amino-alcohol motifs (C(OH)–C–C–N with tert-alkyl or cyclic N) is 1. The average molecular weight is 402 g/mol. The van der Waals surface area contributed by atoms with Crippen molar-refractivity contribution in [2.24, 2.45) is 0 Å². The predicted molar refractivity (Wildman–Crippen MR) is 93.2 cm³/mol. The number of pyridine rings is 1.